The fourth-order valence-corrected chi connectivity index (χ4v) is 8.58. The number of aromatic nitrogens is 1. The molecule has 0 amide bonds. The number of fused-ring (bicyclic) bond motifs is 3. The SMILES string of the molecule is C[C@@H](COc1ccnc2c1[C@H](C)CCC2)CC1Cc2ccc(OC[C@H](C)N)cc2C12CCC(Nc1cccc(Cl)c1)(C(=O)O)CC2. The lowest BCUT2D eigenvalue weighted by atomic mass is 9.59. The standard InChI is InChI=1S/C38H48ClN3O4/c1-24(22-46-34-12-17-41-33-9-4-6-25(2)35(33)34)18-28-19-27-10-11-31(45-23-26(3)40)21-32(27)37(28)13-15-38(16-14-37,36(43)44)42-30-8-5-7-29(39)20-30/h5,7-8,10-12,17,20-21,24-26,28,42H,4,6,9,13-16,18-19,22-23,40H2,1-3H3,(H,43,44)/t24-,25-,26+,28?,37?,38?/m1/s1. The third kappa shape index (κ3) is 6.59. The van der Waals surface area contributed by atoms with Crippen LogP contribution in [0.3, 0.4) is 0 Å². The number of ether oxygens (including phenoxy) is 2. The van der Waals surface area contributed by atoms with Gasteiger partial charge in [0.25, 0.3) is 0 Å². The Morgan fingerprint density at radius 2 is 1.91 bits per heavy atom. The van der Waals surface area contributed by atoms with Crippen LogP contribution in [-0.4, -0.2) is 40.9 Å². The lowest BCUT2D eigenvalue weighted by molar-refractivity contribution is -0.144. The van der Waals surface area contributed by atoms with Crippen LogP contribution in [0.25, 0.3) is 0 Å². The second-order valence-corrected chi connectivity index (χ2v) is 14.7. The van der Waals surface area contributed by atoms with Gasteiger partial charge in [-0.05, 0) is 135 Å². The summed E-state index contributed by atoms with van der Waals surface area (Å²) in [6.45, 7) is 7.60. The Kier molecular flexibility index (Phi) is 9.54. The number of rotatable bonds is 11. The minimum atomic E-state index is -1.06. The number of halogens is 1. The van der Waals surface area contributed by atoms with E-state index in [1.807, 2.05) is 31.3 Å². The highest BCUT2D eigenvalue weighted by atomic mass is 35.5. The normalized spacial score (nSPS) is 26.5. The lowest BCUT2D eigenvalue weighted by Crippen LogP contribution is -2.53. The van der Waals surface area contributed by atoms with Crippen LogP contribution in [0.4, 0.5) is 5.69 Å². The molecule has 0 radical (unpaired) electrons. The molecule has 4 atom stereocenters. The van der Waals surface area contributed by atoms with E-state index in [0.29, 0.717) is 48.8 Å². The molecule has 46 heavy (non-hydrogen) atoms. The molecule has 246 valence electrons. The number of hydrogen-bond donors (Lipinski definition) is 3. The number of pyridine rings is 1. The zero-order valence-electron chi connectivity index (χ0n) is 27.4. The largest absolute Gasteiger partial charge is 0.493 e. The van der Waals surface area contributed by atoms with Crippen molar-refractivity contribution >= 4 is 23.3 Å². The molecule has 1 unspecified atom stereocenters. The highest BCUT2D eigenvalue weighted by molar-refractivity contribution is 6.30. The lowest BCUT2D eigenvalue weighted by Gasteiger charge is -2.47. The first kappa shape index (κ1) is 32.6. The Bertz CT molecular complexity index is 1550. The van der Waals surface area contributed by atoms with Crippen LogP contribution >= 0.6 is 11.6 Å². The van der Waals surface area contributed by atoms with Crippen molar-refractivity contribution in [3.8, 4) is 11.5 Å². The second kappa shape index (κ2) is 13.4. The molecule has 0 saturated heterocycles. The molecule has 1 fully saturated rings. The van der Waals surface area contributed by atoms with E-state index in [1.54, 1.807) is 12.1 Å². The van der Waals surface area contributed by atoms with E-state index < -0.39 is 11.5 Å². The molecule has 1 heterocycles. The van der Waals surface area contributed by atoms with Gasteiger partial charge in [-0.25, -0.2) is 4.79 Å². The van der Waals surface area contributed by atoms with E-state index in [0.717, 1.165) is 49.3 Å². The average Bonchev–Trinajstić information content (AvgIpc) is 3.31. The molecule has 0 bridgehead atoms. The van der Waals surface area contributed by atoms with Gasteiger partial charge in [-0.1, -0.05) is 37.6 Å². The summed E-state index contributed by atoms with van der Waals surface area (Å²) in [5, 5.41) is 14.5. The van der Waals surface area contributed by atoms with Crippen LogP contribution in [-0.2, 0) is 23.1 Å². The molecule has 1 aromatic heterocycles. The molecule has 2 aromatic carbocycles. The number of carboxylic acids is 1. The number of hydrogen-bond acceptors (Lipinski definition) is 6. The quantitative estimate of drug-likeness (QED) is 0.194. The second-order valence-electron chi connectivity index (χ2n) is 14.3. The Morgan fingerprint density at radius 1 is 1.11 bits per heavy atom. The molecular weight excluding hydrogens is 598 g/mol. The van der Waals surface area contributed by atoms with Gasteiger partial charge in [0.1, 0.15) is 23.6 Å². The van der Waals surface area contributed by atoms with Crippen LogP contribution in [0.5, 0.6) is 11.5 Å². The van der Waals surface area contributed by atoms with Gasteiger partial charge >= 0.3 is 5.97 Å². The molecule has 0 aliphatic heterocycles. The van der Waals surface area contributed by atoms with Gasteiger partial charge < -0.3 is 25.6 Å². The zero-order valence-corrected chi connectivity index (χ0v) is 28.1. The molecule has 7 nitrogen and oxygen atoms in total. The summed E-state index contributed by atoms with van der Waals surface area (Å²) in [5.74, 6) is 2.15. The van der Waals surface area contributed by atoms with Crippen molar-refractivity contribution in [2.75, 3.05) is 18.5 Å². The molecule has 3 aromatic rings. The Morgan fingerprint density at radius 3 is 2.65 bits per heavy atom. The predicted octanol–water partition coefficient (Wildman–Crippen LogP) is 7.93. The van der Waals surface area contributed by atoms with Crippen molar-refractivity contribution in [2.45, 2.75) is 101 Å². The van der Waals surface area contributed by atoms with Gasteiger partial charge in [0.15, 0.2) is 0 Å². The average molecular weight is 646 g/mol. The number of nitrogens with two attached hydrogens (primary N) is 1. The van der Waals surface area contributed by atoms with Gasteiger partial charge in [0, 0.05) is 34.2 Å². The zero-order chi connectivity index (χ0) is 32.5. The van der Waals surface area contributed by atoms with Crippen molar-refractivity contribution in [1.29, 1.82) is 0 Å². The number of carbonyl (C=O) groups is 1. The number of carboxylic acid groups (broad SMARTS) is 1. The first-order valence-corrected chi connectivity index (χ1v) is 17.4. The van der Waals surface area contributed by atoms with E-state index in [-0.39, 0.29) is 11.5 Å². The van der Waals surface area contributed by atoms with Crippen molar-refractivity contribution in [1.82, 2.24) is 4.98 Å². The smallest absolute Gasteiger partial charge is 0.329 e. The molecule has 3 aliphatic rings. The van der Waals surface area contributed by atoms with Crippen LogP contribution in [0, 0.1) is 11.8 Å². The maximum absolute atomic E-state index is 12.9. The van der Waals surface area contributed by atoms with Crippen molar-refractivity contribution in [3.05, 3.63) is 82.1 Å². The minimum Gasteiger partial charge on any atom is -0.493 e. The summed E-state index contributed by atoms with van der Waals surface area (Å²) in [6, 6.07) is 15.8. The minimum absolute atomic E-state index is 0.0618. The van der Waals surface area contributed by atoms with Crippen LogP contribution in [0.2, 0.25) is 5.02 Å². The van der Waals surface area contributed by atoms with E-state index in [9.17, 15) is 9.90 Å². The summed E-state index contributed by atoms with van der Waals surface area (Å²) in [6.07, 6.45) is 9.80. The van der Waals surface area contributed by atoms with Crippen molar-refractivity contribution in [3.63, 3.8) is 0 Å². The molecule has 4 N–H and O–H groups in total. The molecule has 8 heteroatoms. The molecule has 1 saturated carbocycles. The van der Waals surface area contributed by atoms with Crippen LogP contribution in [0.15, 0.2) is 54.7 Å². The predicted molar refractivity (Wildman–Crippen MR) is 183 cm³/mol. The number of nitrogens with one attached hydrogen (secondary N) is 1. The van der Waals surface area contributed by atoms with Crippen molar-refractivity contribution < 1.29 is 19.4 Å². The summed E-state index contributed by atoms with van der Waals surface area (Å²) in [4.78, 5) is 17.5. The summed E-state index contributed by atoms with van der Waals surface area (Å²) in [5.41, 5.74) is 10.7. The fraction of sp³-hybridized carbons (Fsp3) is 0.526. The maximum atomic E-state index is 12.9. The van der Waals surface area contributed by atoms with Crippen LogP contribution < -0.4 is 20.5 Å². The van der Waals surface area contributed by atoms with Crippen LogP contribution in [0.1, 0.15) is 94.0 Å². The highest BCUT2D eigenvalue weighted by Gasteiger charge is 2.54. The topological polar surface area (TPSA) is 107 Å². The van der Waals surface area contributed by atoms with E-state index in [1.165, 1.54) is 35.2 Å². The monoisotopic (exact) mass is 645 g/mol. The first-order chi connectivity index (χ1) is 22.1. The fourth-order valence-electron chi connectivity index (χ4n) is 8.39. The number of anilines is 1. The van der Waals surface area contributed by atoms with Gasteiger partial charge in [-0.15, -0.1) is 0 Å². The van der Waals surface area contributed by atoms with Gasteiger partial charge in [0.05, 0.1) is 6.61 Å². The third-order valence-corrected chi connectivity index (χ3v) is 11.0. The third-order valence-electron chi connectivity index (χ3n) is 10.8. The number of aliphatic carboxylic acids is 1. The Labute approximate surface area is 278 Å². The van der Waals surface area contributed by atoms with E-state index in [2.05, 4.69) is 42.3 Å². The molecule has 1 spiro atoms. The van der Waals surface area contributed by atoms with E-state index in [4.69, 9.17) is 26.8 Å². The Balaban J connectivity index is 1.24. The number of benzene rings is 2. The Hall–Kier alpha value is -3.29. The van der Waals surface area contributed by atoms with E-state index >= 15 is 0 Å². The number of nitrogens with zero attached hydrogens (tertiary/aromatic N) is 1. The van der Waals surface area contributed by atoms with Crippen molar-refractivity contribution in [2.24, 2.45) is 17.6 Å². The van der Waals surface area contributed by atoms with Gasteiger partial charge in [-0.2, -0.15) is 0 Å². The molecule has 6 rings (SSSR count). The summed E-state index contributed by atoms with van der Waals surface area (Å²) >= 11 is 6.26. The maximum Gasteiger partial charge on any atom is 0.329 e. The first-order valence-electron chi connectivity index (χ1n) is 17.0. The molecule has 3 aliphatic carbocycles. The summed E-state index contributed by atoms with van der Waals surface area (Å²) in [7, 11) is 0. The van der Waals surface area contributed by atoms with Gasteiger partial charge in [0.2, 0.25) is 0 Å². The molecular formula is C38H48ClN3O4. The highest BCUT2D eigenvalue weighted by Crippen LogP contribution is 2.56. The summed E-state index contributed by atoms with van der Waals surface area (Å²) < 4.78 is 12.6. The van der Waals surface area contributed by atoms with Gasteiger partial charge in [-0.3, -0.25) is 4.98 Å². The number of aryl methyl sites for hydroxylation is 1.